The van der Waals surface area contributed by atoms with Crippen LogP contribution in [0.1, 0.15) is 12.0 Å². The maximum atomic E-state index is 13.5. The maximum absolute atomic E-state index is 13.5. The molecule has 1 aliphatic rings. The number of hydrogen-bond donors (Lipinski definition) is 1. The van der Waals surface area contributed by atoms with E-state index in [0.717, 1.165) is 45.2 Å². The number of hydrogen-bond acceptors (Lipinski definition) is 3. The highest BCUT2D eigenvalue weighted by molar-refractivity contribution is 5.34. The molecular formula is C14H20F2N2O. The van der Waals surface area contributed by atoms with E-state index in [0.29, 0.717) is 6.42 Å². The van der Waals surface area contributed by atoms with Crippen LogP contribution in [0.3, 0.4) is 0 Å². The third-order valence-corrected chi connectivity index (χ3v) is 3.67. The van der Waals surface area contributed by atoms with Crippen LogP contribution in [0.15, 0.2) is 12.1 Å². The van der Waals surface area contributed by atoms with Gasteiger partial charge in [-0.05, 0) is 38.6 Å². The number of piperazine rings is 1. The topological polar surface area (TPSA) is 26.7 Å². The second kappa shape index (κ2) is 6.30. The molecule has 0 unspecified atom stereocenters. The van der Waals surface area contributed by atoms with Gasteiger partial charge < -0.3 is 14.9 Å². The molecule has 1 N–H and O–H groups in total. The van der Waals surface area contributed by atoms with Gasteiger partial charge in [0.1, 0.15) is 5.75 Å². The van der Waals surface area contributed by atoms with Crippen molar-refractivity contribution in [3.63, 3.8) is 0 Å². The molecular weight excluding hydrogens is 250 g/mol. The van der Waals surface area contributed by atoms with Gasteiger partial charge in [0.2, 0.25) is 0 Å². The molecule has 106 valence electrons. The summed E-state index contributed by atoms with van der Waals surface area (Å²) in [5.41, 5.74) is 0.0918. The first-order chi connectivity index (χ1) is 9.08. The van der Waals surface area contributed by atoms with Crippen molar-refractivity contribution >= 4 is 0 Å². The van der Waals surface area contributed by atoms with E-state index >= 15 is 0 Å². The summed E-state index contributed by atoms with van der Waals surface area (Å²) in [6, 6.07) is 2.16. The van der Waals surface area contributed by atoms with Crippen LogP contribution in [0.2, 0.25) is 0 Å². The van der Waals surface area contributed by atoms with Crippen LogP contribution in [-0.2, 0) is 6.42 Å². The van der Waals surface area contributed by atoms with Gasteiger partial charge in [0, 0.05) is 31.7 Å². The smallest absolute Gasteiger partial charge is 0.165 e. The molecule has 1 aromatic rings. The molecule has 0 saturated carbocycles. The average Bonchev–Trinajstić information content (AvgIpc) is 2.40. The normalized spacial score (nSPS) is 17.8. The number of benzene rings is 1. The van der Waals surface area contributed by atoms with E-state index in [-0.39, 0.29) is 11.3 Å². The highest BCUT2D eigenvalue weighted by atomic mass is 19.2. The summed E-state index contributed by atoms with van der Waals surface area (Å²) in [7, 11) is 2.09. The largest absolute Gasteiger partial charge is 0.508 e. The molecule has 0 amide bonds. The molecule has 0 aliphatic carbocycles. The van der Waals surface area contributed by atoms with Crippen molar-refractivity contribution in [1.82, 2.24) is 9.80 Å². The molecule has 19 heavy (non-hydrogen) atoms. The van der Waals surface area contributed by atoms with Gasteiger partial charge in [0.15, 0.2) is 11.6 Å². The van der Waals surface area contributed by atoms with E-state index in [1.807, 2.05) is 0 Å². The number of aromatic hydroxyl groups is 1. The van der Waals surface area contributed by atoms with Crippen molar-refractivity contribution in [3.8, 4) is 5.75 Å². The second-order valence-electron chi connectivity index (χ2n) is 5.11. The summed E-state index contributed by atoms with van der Waals surface area (Å²) in [6.07, 6.45) is 1.08. The van der Waals surface area contributed by atoms with Gasteiger partial charge in [0.25, 0.3) is 0 Å². The van der Waals surface area contributed by atoms with Crippen LogP contribution in [0.25, 0.3) is 0 Å². The van der Waals surface area contributed by atoms with Gasteiger partial charge in [-0.3, -0.25) is 0 Å². The lowest BCUT2D eigenvalue weighted by Gasteiger charge is -2.32. The van der Waals surface area contributed by atoms with Crippen molar-refractivity contribution < 1.29 is 13.9 Å². The first-order valence-electron chi connectivity index (χ1n) is 6.64. The van der Waals surface area contributed by atoms with Crippen LogP contribution in [0.4, 0.5) is 8.78 Å². The van der Waals surface area contributed by atoms with E-state index < -0.39 is 11.6 Å². The zero-order valence-electron chi connectivity index (χ0n) is 11.2. The minimum Gasteiger partial charge on any atom is -0.508 e. The molecule has 5 heteroatoms. The van der Waals surface area contributed by atoms with E-state index in [4.69, 9.17) is 0 Å². The SMILES string of the molecule is CN1CCN(CCCc2c(O)ccc(F)c2F)CC1. The fourth-order valence-corrected chi connectivity index (χ4v) is 2.37. The number of phenols is 1. The number of halogens is 2. The Morgan fingerprint density at radius 2 is 1.84 bits per heavy atom. The van der Waals surface area contributed by atoms with Gasteiger partial charge in [-0.1, -0.05) is 0 Å². The first-order valence-corrected chi connectivity index (χ1v) is 6.64. The Balaban J connectivity index is 1.84. The molecule has 0 aromatic heterocycles. The number of likely N-dealkylation sites (N-methyl/N-ethyl adjacent to an activating group) is 1. The third-order valence-electron chi connectivity index (χ3n) is 3.67. The molecule has 1 fully saturated rings. The zero-order valence-corrected chi connectivity index (χ0v) is 11.2. The van der Waals surface area contributed by atoms with E-state index in [2.05, 4.69) is 16.8 Å². The fraction of sp³-hybridized carbons (Fsp3) is 0.571. The standard InChI is InChI=1S/C14H20F2N2O/c1-17-7-9-18(10-8-17)6-2-3-11-13(19)5-4-12(15)14(11)16/h4-5,19H,2-3,6-10H2,1H3. The van der Waals surface area contributed by atoms with Crippen LogP contribution in [0, 0.1) is 11.6 Å². The third kappa shape index (κ3) is 3.64. The lowest BCUT2D eigenvalue weighted by Crippen LogP contribution is -2.44. The molecule has 0 bridgehead atoms. The van der Waals surface area contributed by atoms with E-state index in [1.165, 1.54) is 6.07 Å². The molecule has 0 radical (unpaired) electrons. The van der Waals surface area contributed by atoms with Crippen LogP contribution < -0.4 is 0 Å². The molecule has 0 atom stereocenters. The van der Waals surface area contributed by atoms with Crippen LogP contribution in [-0.4, -0.2) is 54.7 Å². The summed E-state index contributed by atoms with van der Waals surface area (Å²) in [6.45, 7) is 4.95. The Labute approximate surface area is 112 Å². The molecule has 1 aliphatic heterocycles. The summed E-state index contributed by atoms with van der Waals surface area (Å²) >= 11 is 0. The maximum Gasteiger partial charge on any atom is 0.165 e. The quantitative estimate of drug-likeness (QED) is 0.904. The predicted octanol–water partition coefficient (Wildman–Crippen LogP) is 1.85. The highest BCUT2D eigenvalue weighted by Gasteiger charge is 2.15. The Hall–Kier alpha value is -1.20. The van der Waals surface area contributed by atoms with Gasteiger partial charge in [-0.15, -0.1) is 0 Å². The molecule has 1 heterocycles. The summed E-state index contributed by atoms with van der Waals surface area (Å²) in [5, 5.41) is 9.56. The van der Waals surface area contributed by atoms with Crippen molar-refractivity contribution in [2.75, 3.05) is 39.8 Å². The van der Waals surface area contributed by atoms with Crippen LogP contribution in [0.5, 0.6) is 5.75 Å². The summed E-state index contributed by atoms with van der Waals surface area (Å²) < 4.78 is 26.6. The Kier molecular flexibility index (Phi) is 4.71. The lowest BCUT2D eigenvalue weighted by molar-refractivity contribution is 0.153. The van der Waals surface area contributed by atoms with Crippen LogP contribution >= 0.6 is 0 Å². The van der Waals surface area contributed by atoms with Crippen molar-refractivity contribution in [2.24, 2.45) is 0 Å². The minimum absolute atomic E-state index is 0.0918. The monoisotopic (exact) mass is 270 g/mol. The Morgan fingerprint density at radius 1 is 1.16 bits per heavy atom. The van der Waals surface area contributed by atoms with Gasteiger partial charge >= 0.3 is 0 Å². The van der Waals surface area contributed by atoms with E-state index in [1.54, 1.807) is 0 Å². The Bertz CT molecular complexity index is 432. The van der Waals surface area contributed by atoms with Gasteiger partial charge in [-0.2, -0.15) is 0 Å². The molecule has 0 spiro atoms. The van der Waals surface area contributed by atoms with Crippen molar-refractivity contribution in [1.29, 1.82) is 0 Å². The summed E-state index contributed by atoms with van der Waals surface area (Å²) in [4.78, 5) is 4.59. The number of nitrogens with zero attached hydrogens (tertiary/aromatic N) is 2. The Morgan fingerprint density at radius 3 is 2.53 bits per heavy atom. The molecule has 1 saturated heterocycles. The van der Waals surface area contributed by atoms with Crippen molar-refractivity contribution in [3.05, 3.63) is 29.3 Å². The highest BCUT2D eigenvalue weighted by Crippen LogP contribution is 2.23. The van der Waals surface area contributed by atoms with E-state index in [9.17, 15) is 13.9 Å². The number of phenolic OH excluding ortho intramolecular Hbond substituents is 1. The molecule has 2 rings (SSSR count). The minimum atomic E-state index is -0.918. The predicted molar refractivity (Wildman–Crippen MR) is 70.3 cm³/mol. The zero-order chi connectivity index (χ0) is 13.8. The number of rotatable bonds is 4. The fourth-order valence-electron chi connectivity index (χ4n) is 2.37. The van der Waals surface area contributed by atoms with Crippen molar-refractivity contribution in [2.45, 2.75) is 12.8 Å². The first kappa shape index (κ1) is 14.2. The van der Waals surface area contributed by atoms with Gasteiger partial charge in [-0.25, -0.2) is 8.78 Å². The lowest BCUT2D eigenvalue weighted by atomic mass is 10.1. The summed E-state index contributed by atoms with van der Waals surface area (Å²) in [5.74, 6) is -1.97. The molecule has 1 aromatic carbocycles. The van der Waals surface area contributed by atoms with Gasteiger partial charge in [0.05, 0.1) is 0 Å². The average molecular weight is 270 g/mol. The molecule has 3 nitrogen and oxygen atoms in total. The second-order valence-corrected chi connectivity index (χ2v) is 5.11.